The molecule has 0 aromatic carbocycles. The summed E-state index contributed by atoms with van der Waals surface area (Å²) in [6, 6.07) is 0.402. The minimum absolute atomic E-state index is 0.236. The standard InChI is InChI=1S/C18H27ClN2O2/c19-9-13-23-17-7-5-15(6-8-17)18(22)21-12-3-4-16(21)14-20-10-1-2-11-20/h5,7,16H,1-4,6,8-14H2. The highest BCUT2D eigenvalue weighted by atomic mass is 35.5. The minimum Gasteiger partial charge on any atom is -0.497 e. The first-order valence-corrected chi connectivity index (χ1v) is 9.43. The molecule has 4 nitrogen and oxygen atoms in total. The summed E-state index contributed by atoms with van der Waals surface area (Å²) in [6.45, 7) is 4.90. The number of ether oxygens (including phenoxy) is 1. The van der Waals surface area contributed by atoms with Crippen molar-refractivity contribution in [1.29, 1.82) is 0 Å². The predicted molar refractivity (Wildman–Crippen MR) is 92.5 cm³/mol. The van der Waals surface area contributed by atoms with E-state index >= 15 is 0 Å². The summed E-state index contributed by atoms with van der Waals surface area (Å²) in [5.41, 5.74) is 0.927. The maximum absolute atomic E-state index is 12.9. The van der Waals surface area contributed by atoms with Gasteiger partial charge in [-0.05, 0) is 51.3 Å². The molecule has 1 atom stereocenters. The van der Waals surface area contributed by atoms with E-state index in [1.54, 1.807) is 0 Å². The molecule has 23 heavy (non-hydrogen) atoms. The zero-order valence-corrected chi connectivity index (χ0v) is 14.6. The molecule has 128 valence electrons. The van der Waals surface area contributed by atoms with Gasteiger partial charge in [-0.1, -0.05) is 6.08 Å². The van der Waals surface area contributed by atoms with Gasteiger partial charge in [0.2, 0.25) is 5.91 Å². The number of alkyl halides is 1. The van der Waals surface area contributed by atoms with Gasteiger partial charge in [0.1, 0.15) is 6.61 Å². The average molecular weight is 339 g/mol. The summed E-state index contributed by atoms with van der Waals surface area (Å²) in [5, 5.41) is 0. The van der Waals surface area contributed by atoms with Gasteiger partial charge in [-0.15, -0.1) is 11.6 Å². The lowest BCUT2D eigenvalue weighted by Crippen LogP contribution is -2.43. The van der Waals surface area contributed by atoms with Gasteiger partial charge in [-0.3, -0.25) is 4.79 Å². The summed E-state index contributed by atoms with van der Waals surface area (Å²) < 4.78 is 5.55. The number of allylic oxidation sites excluding steroid dienone is 3. The summed E-state index contributed by atoms with van der Waals surface area (Å²) in [4.78, 5) is 17.5. The van der Waals surface area contributed by atoms with Crippen molar-refractivity contribution in [2.24, 2.45) is 0 Å². The molecule has 0 spiro atoms. The van der Waals surface area contributed by atoms with Crippen LogP contribution < -0.4 is 0 Å². The van der Waals surface area contributed by atoms with Gasteiger partial charge in [0.05, 0.1) is 11.6 Å². The summed E-state index contributed by atoms with van der Waals surface area (Å²) in [6.07, 6.45) is 10.4. The second-order valence-electron chi connectivity index (χ2n) is 6.66. The maximum atomic E-state index is 12.9. The molecular formula is C18H27ClN2O2. The molecule has 0 bridgehead atoms. The first kappa shape index (κ1) is 16.8. The fourth-order valence-electron chi connectivity index (χ4n) is 3.83. The molecule has 2 heterocycles. The number of amides is 1. The van der Waals surface area contributed by atoms with E-state index in [0.29, 0.717) is 18.5 Å². The monoisotopic (exact) mass is 338 g/mol. The highest BCUT2D eigenvalue weighted by molar-refractivity contribution is 6.17. The van der Waals surface area contributed by atoms with Crippen molar-refractivity contribution in [2.45, 2.75) is 44.6 Å². The zero-order valence-electron chi connectivity index (χ0n) is 13.8. The lowest BCUT2D eigenvalue weighted by atomic mass is 10.0. The highest BCUT2D eigenvalue weighted by Gasteiger charge is 2.32. The van der Waals surface area contributed by atoms with E-state index in [-0.39, 0.29) is 5.91 Å². The van der Waals surface area contributed by atoms with E-state index in [0.717, 1.165) is 50.1 Å². The molecule has 0 saturated carbocycles. The Bertz CT molecular complexity index is 483. The van der Waals surface area contributed by atoms with Gasteiger partial charge in [0.15, 0.2) is 0 Å². The van der Waals surface area contributed by atoms with E-state index in [4.69, 9.17) is 16.3 Å². The molecule has 3 aliphatic rings. The third-order valence-electron chi connectivity index (χ3n) is 5.06. The van der Waals surface area contributed by atoms with E-state index in [9.17, 15) is 4.79 Å². The molecule has 1 unspecified atom stereocenters. The van der Waals surface area contributed by atoms with Crippen molar-refractivity contribution in [1.82, 2.24) is 9.80 Å². The topological polar surface area (TPSA) is 32.8 Å². The summed E-state index contributed by atoms with van der Waals surface area (Å²) in [5.74, 6) is 1.68. The lowest BCUT2D eigenvalue weighted by Gasteiger charge is -2.29. The van der Waals surface area contributed by atoms with Gasteiger partial charge in [-0.2, -0.15) is 0 Å². The van der Waals surface area contributed by atoms with Crippen LogP contribution in [0.1, 0.15) is 38.5 Å². The number of carbonyl (C=O) groups excluding carboxylic acids is 1. The van der Waals surface area contributed by atoms with Gasteiger partial charge in [-0.25, -0.2) is 0 Å². The molecule has 5 heteroatoms. The van der Waals surface area contributed by atoms with Crippen molar-refractivity contribution in [3.63, 3.8) is 0 Å². The van der Waals surface area contributed by atoms with Crippen LogP contribution in [0.3, 0.4) is 0 Å². The number of carbonyl (C=O) groups is 1. The van der Waals surface area contributed by atoms with Crippen molar-refractivity contribution >= 4 is 17.5 Å². The van der Waals surface area contributed by atoms with Crippen molar-refractivity contribution in [3.05, 3.63) is 23.5 Å². The van der Waals surface area contributed by atoms with Crippen LogP contribution in [0.5, 0.6) is 0 Å². The van der Waals surface area contributed by atoms with E-state index in [1.807, 2.05) is 12.2 Å². The van der Waals surface area contributed by atoms with Crippen molar-refractivity contribution < 1.29 is 9.53 Å². The second-order valence-corrected chi connectivity index (χ2v) is 7.04. The molecule has 1 amide bonds. The van der Waals surface area contributed by atoms with Crippen molar-refractivity contribution in [2.75, 3.05) is 38.7 Å². The Morgan fingerprint density at radius 3 is 2.70 bits per heavy atom. The number of likely N-dealkylation sites (tertiary alicyclic amines) is 2. The van der Waals surface area contributed by atoms with Gasteiger partial charge < -0.3 is 14.5 Å². The fourth-order valence-corrected chi connectivity index (χ4v) is 3.90. The molecule has 0 radical (unpaired) electrons. The van der Waals surface area contributed by atoms with Crippen LogP contribution in [-0.4, -0.2) is 60.4 Å². The molecule has 1 aliphatic carbocycles. The largest absolute Gasteiger partial charge is 0.497 e. The Hall–Kier alpha value is -1.00. The zero-order chi connectivity index (χ0) is 16.1. The SMILES string of the molecule is O=C(C1=CC=C(OCCCl)CC1)N1CCCC1CN1CCCC1. The normalized spacial score (nSPS) is 25.4. The number of hydrogen-bond donors (Lipinski definition) is 0. The Kier molecular flexibility index (Phi) is 6.01. The Labute approximate surface area is 144 Å². The summed E-state index contributed by atoms with van der Waals surface area (Å²) >= 11 is 5.64. The molecule has 2 aliphatic heterocycles. The van der Waals surface area contributed by atoms with Gasteiger partial charge in [0, 0.05) is 31.1 Å². The second kappa shape index (κ2) is 8.20. The molecular weight excluding hydrogens is 312 g/mol. The molecule has 0 N–H and O–H groups in total. The molecule has 3 rings (SSSR count). The van der Waals surface area contributed by atoms with Crippen molar-refractivity contribution in [3.8, 4) is 0 Å². The summed E-state index contributed by atoms with van der Waals surface area (Å²) in [7, 11) is 0. The molecule has 0 aromatic rings. The van der Waals surface area contributed by atoms with Gasteiger partial charge in [0.25, 0.3) is 0 Å². The first-order valence-electron chi connectivity index (χ1n) is 8.90. The Morgan fingerprint density at radius 1 is 1.17 bits per heavy atom. The third kappa shape index (κ3) is 4.30. The van der Waals surface area contributed by atoms with Gasteiger partial charge >= 0.3 is 0 Å². The third-order valence-corrected chi connectivity index (χ3v) is 5.21. The van der Waals surface area contributed by atoms with E-state index in [2.05, 4.69) is 9.80 Å². The Balaban J connectivity index is 1.58. The smallest absolute Gasteiger partial charge is 0.250 e. The first-order chi connectivity index (χ1) is 11.3. The lowest BCUT2D eigenvalue weighted by molar-refractivity contribution is -0.128. The number of halogens is 1. The highest BCUT2D eigenvalue weighted by Crippen LogP contribution is 2.26. The van der Waals surface area contributed by atoms with E-state index in [1.165, 1.54) is 25.9 Å². The maximum Gasteiger partial charge on any atom is 0.250 e. The number of hydrogen-bond acceptors (Lipinski definition) is 3. The van der Waals surface area contributed by atoms with Crippen LogP contribution in [0.2, 0.25) is 0 Å². The van der Waals surface area contributed by atoms with Crippen LogP contribution in [0.4, 0.5) is 0 Å². The van der Waals surface area contributed by atoms with Crippen LogP contribution in [0, 0.1) is 0 Å². The Morgan fingerprint density at radius 2 is 2.00 bits per heavy atom. The van der Waals surface area contributed by atoms with E-state index < -0.39 is 0 Å². The average Bonchev–Trinajstić information content (AvgIpc) is 3.25. The molecule has 2 saturated heterocycles. The number of nitrogens with zero attached hydrogens (tertiary/aromatic N) is 2. The number of rotatable bonds is 6. The molecule has 0 aromatic heterocycles. The fraction of sp³-hybridized carbons (Fsp3) is 0.722. The van der Waals surface area contributed by atoms with Crippen LogP contribution >= 0.6 is 11.6 Å². The van der Waals surface area contributed by atoms with Crippen LogP contribution in [0.15, 0.2) is 23.5 Å². The quantitative estimate of drug-likeness (QED) is 0.698. The minimum atomic E-state index is 0.236. The van der Waals surface area contributed by atoms with Crippen LogP contribution in [0.25, 0.3) is 0 Å². The van der Waals surface area contributed by atoms with Crippen LogP contribution in [-0.2, 0) is 9.53 Å². The predicted octanol–water partition coefficient (Wildman–Crippen LogP) is 2.93. The molecule has 2 fully saturated rings.